The number of aromatic nitrogens is 2. The van der Waals surface area contributed by atoms with Crippen LogP contribution < -0.4 is 5.32 Å². The molecule has 1 saturated carbocycles. The molecule has 0 bridgehead atoms. The lowest BCUT2D eigenvalue weighted by molar-refractivity contribution is -0.149. The summed E-state index contributed by atoms with van der Waals surface area (Å²) in [5.74, 6) is 0.0553. The van der Waals surface area contributed by atoms with Gasteiger partial charge in [-0.25, -0.2) is 0 Å². The van der Waals surface area contributed by atoms with Gasteiger partial charge in [-0.1, -0.05) is 6.42 Å². The molecule has 1 aromatic heterocycles. The molecule has 2 rings (SSSR count). The molecule has 20 heavy (non-hydrogen) atoms. The Bertz CT molecular complexity index is 431. The van der Waals surface area contributed by atoms with Gasteiger partial charge in [-0.05, 0) is 32.3 Å². The summed E-state index contributed by atoms with van der Waals surface area (Å²) in [4.78, 5) is 11.8. The van der Waals surface area contributed by atoms with Crippen LogP contribution >= 0.6 is 0 Å². The summed E-state index contributed by atoms with van der Waals surface area (Å²) in [6.07, 6.45) is 7.02. The van der Waals surface area contributed by atoms with Crippen molar-refractivity contribution in [2.24, 2.45) is 13.0 Å². The summed E-state index contributed by atoms with van der Waals surface area (Å²) < 4.78 is 6.95. The SMILES string of the molecule is CCOC(=O)C1CCCC(NCCc2ccn(C)n2)C1. The van der Waals surface area contributed by atoms with Crippen molar-refractivity contribution in [3.8, 4) is 0 Å². The molecule has 0 aliphatic heterocycles. The van der Waals surface area contributed by atoms with Crippen LogP contribution in [0.15, 0.2) is 12.3 Å². The number of esters is 1. The maximum atomic E-state index is 11.8. The van der Waals surface area contributed by atoms with Crippen molar-refractivity contribution in [2.45, 2.75) is 45.1 Å². The van der Waals surface area contributed by atoms with Crippen molar-refractivity contribution in [2.75, 3.05) is 13.2 Å². The molecule has 112 valence electrons. The summed E-state index contributed by atoms with van der Waals surface area (Å²) in [5.41, 5.74) is 1.11. The van der Waals surface area contributed by atoms with Gasteiger partial charge in [-0.15, -0.1) is 0 Å². The van der Waals surface area contributed by atoms with Crippen LogP contribution in [0, 0.1) is 5.92 Å². The summed E-state index contributed by atoms with van der Waals surface area (Å²) in [7, 11) is 1.93. The quantitative estimate of drug-likeness (QED) is 0.805. The lowest BCUT2D eigenvalue weighted by Crippen LogP contribution is -2.37. The normalized spacial score (nSPS) is 22.7. The molecular weight excluding hydrogens is 254 g/mol. The van der Waals surface area contributed by atoms with Gasteiger partial charge in [0.25, 0.3) is 0 Å². The Morgan fingerprint density at radius 3 is 3.10 bits per heavy atom. The fourth-order valence-electron chi connectivity index (χ4n) is 2.85. The number of hydrogen-bond acceptors (Lipinski definition) is 4. The monoisotopic (exact) mass is 279 g/mol. The number of carbonyl (C=O) groups excluding carboxylic acids is 1. The Morgan fingerprint density at radius 1 is 1.55 bits per heavy atom. The molecule has 2 unspecified atom stereocenters. The highest BCUT2D eigenvalue weighted by atomic mass is 16.5. The number of nitrogens with zero attached hydrogens (tertiary/aromatic N) is 2. The van der Waals surface area contributed by atoms with E-state index in [0.29, 0.717) is 12.6 Å². The predicted octanol–water partition coefficient (Wildman–Crippen LogP) is 1.67. The van der Waals surface area contributed by atoms with Gasteiger partial charge < -0.3 is 10.1 Å². The third kappa shape index (κ3) is 4.34. The van der Waals surface area contributed by atoms with E-state index < -0.39 is 0 Å². The number of hydrogen-bond donors (Lipinski definition) is 1. The van der Waals surface area contributed by atoms with E-state index in [2.05, 4.69) is 10.4 Å². The van der Waals surface area contributed by atoms with Crippen LogP contribution in [0.3, 0.4) is 0 Å². The van der Waals surface area contributed by atoms with Crippen molar-refractivity contribution in [3.05, 3.63) is 18.0 Å². The molecule has 1 N–H and O–H groups in total. The molecule has 1 aromatic rings. The van der Waals surface area contributed by atoms with E-state index in [4.69, 9.17) is 4.74 Å². The average Bonchev–Trinajstić information content (AvgIpc) is 2.85. The van der Waals surface area contributed by atoms with Gasteiger partial charge in [0, 0.05) is 32.3 Å². The Labute approximate surface area is 120 Å². The zero-order valence-electron chi connectivity index (χ0n) is 12.5. The van der Waals surface area contributed by atoms with Crippen LogP contribution in [-0.4, -0.2) is 34.9 Å². The van der Waals surface area contributed by atoms with Crippen LogP contribution in [0.5, 0.6) is 0 Å². The molecule has 0 spiro atoms. The van der Waals surface area contributed by atoms with Gasteiger partial charge in [0.05, 0.1) is 18.2 Å². The Morgan fingerprint density at radius 2 is 2.40 bits per heavy atom. The highest BCUT2D eigenvalue weighted by Crippen LogP contribution is 2.25. The van der Waals surface area contributed by atoms with Crippen molar-refractivity contribution in [1.29, 1.82) is 0 Å². The van der Waals surface area contributed by atoms with Gasteiger partial charge >= 0.3 is 5.97 Å². The summed E-state index contributed by atoms with van der Waals surface area (Å²) >= 11 is 0. The van der Waals surface area contributed by atoms with Crippen molar-refractivity contribution in [1.82, 2.24) is 15.1 Å². The van der Waals surface area contributed by atoms with Crippen LogP contribution in [0.1, 0.15) is 38.3 Å². The van der Waals surface area contributed by atoms with E-state index in [0.717, 1.165) is 44.3 Å². The Hall–Kier alpha value is -1.36. The second-order valence-corrected chi connectivity index (χ2v) is 5.50. The molecule has 5 heteroatoms. The standard InChI is InChI=1S/C15H25N3O2/c1-3-20-15(19)12-5-4-6-14(11-12)16-9-7-13-8-10-18(2)17-13/h8,10,12,14,16H,3-7,9,11H2,1-2H3. The van der Waals surface area contributed by atoms with E-state index in [1.807, 2.05) is 30.9 Å². The lowest BCUT2D eigenvalue weighted by Gasteiger charge is -2.28. The molecule has 1 heterocycles. The van der Waals surface area contributed by atoms with Crippen LogP contribution in [0.2, 0.25) is 0 Å². The largest absolute Gasteiger partial charge is 0.466 e. The number of ether oxygens (including phenoxy) is 1. The smallest absolute Gasteiger partial charge is 0.308 e. The molecular formula is C15H25N3O2. The molecule has 0 amide bonds. The number of nitrogens with one attached hydrogen (secondary N) is 1. The van der Waals surface area contributed by atoms with E-state index in [9.17, 15) is 4.79 Å². The molecule has 0 saturated heterocycles. The molecule has 0 aromatic carbocycles. The van der Waals surface area contributed by atoms with Crippen molar-refractivity contribution < 1.29 is 9.53 Å². The van der Waals surface area contributed by atoms with Gasteiger partial charge in [-0.3, -0.25) is 9.48 Å². The Balaban J connectivity index is 1.71. The Kier molecular flexibility index (Phi) is 5.59. The predicted molar refractivity (Wildman–Crippen MR) is 77.3 cm³/mol. The highest BCUT2D eigenvalue weighted by Gasteiger charge is 2.27. The number of carbonyl (C=O) groups is 1. The molecule has 1 aliphatic rings. The summed E-state index contributed by atoms with van der Waals surface area (Å²) in [6, 6.07) is 2.48. The fourth-order valence-corrected chi connectivity index (χ4v) is 2.85. The average molecular weight is 279 g/mol. The van der Waals surface area contributed by atoms with Crippen LogP contribution in [0.4, 0.5) is 0 Å². The summed E-state index contributed by atoms with van der Waals surface area (Å²) in [6.45, 7) is 3.26. The molecule has 1 aliphatic carbocycles. The number of rotatable bonds is 6. The third-order valence-electron chi connectivity index (χ3n) is 3.88. The third-order valence-corrected chi connectivity index (χ3v) is 3.88. The summed E-state index contributed by atoms with van der Waals surface area (Å²) in [5, 5.41) is 7.91. The molecule has 2 atom stereocenters. The second kappa shape index (κ2) is 7.43. The first kappa shape index (κ1) is 15.0. The first-order valence-electron chi connectivity index (χ1n) is 7.57. The van der Waals surface area contributed by atoms with Gasteiger partial charge in [0.2, 0.25) is 0 Å². The lowest BCUT2D eigenvalue weighted by atomic mass is 9.85. The fraction of sp³-hybridized carbons (Fsp3) is 0.733. The maximum absolute atomic E-state index is 11.8. The van der Waals surface area contributed by atoms with Crippen molar-refractivity contribution in [3.63, 3.8) is 0 Å². The minimum absolute atomic E-state index is 0.0243. The zero-order valence-corrected chi connectivity index (χ0v) is 12.5. The topological polar surface area (TPSA) is 56.1 Å². The minimum atomic E-state index is -0.0243. The highest BCUT2D eigenvalue weighted by molar-refractivity contribution is 5.72. The number of aryl methyl sites for hydroxylation is 1. The van der Waals surface area contributed by atoms with Gasteiger partial charge in [0.15, 0.2) is 0 Å². The molecule has 0 radical (unpaired) electrons. The van der Waals surface area contributed by atoms with E-state index in [-0.39, 0.29) is 11.9 Å². The first-order valence-corrected chi connectivity index (χ1v) is 7.57. The zero-order chi connectivity index (χ0) is 14.4. The van der Waals surface area contributed by atoms with Crippen molar-refractivity contribution >= 4 is 5.97 Å². The van der Waals surface area contributed by atoms with E-state index in [1.165, 1.54) is 0 Å². The van der Waals surface area contributed by atoms with E-state index in [1.54, 1.807) is 0 Å². The van der Waals surface area contributed by atoms with Crippen LogP contribution in [0.25, 0.3) is 0 Å². The molecule has 1 fully saturated rings. The van der Waals surface area contributed by atoms with Crippen LogP contribution in [-0.2, 0) is 23.0 Å². The minimum Gasteiger partial charge on any atom is -0.466 e. The second-order valence-electron chi connectivity index (χ2n) is 5.50. The first-order chi connectivity index (χ1) is 9.69. The molecule has 5 nitrogen and oxygen atoms in total. The maximum Gasteiger partial charge on any atom is 0.308 e. The van der Waals surface area contributed by atoms with Gasteiger partial charge in [-0.2, -0.15) is 5.10 Å². The van der Waals surface area contributed by atoms with Gasteiger partial charge in [0.1, 0.15) is 0 Å². The van der Waals surface area contributed by atoms with E-state index >= 15 is 0 Å².